The van der Waals surface area contributed by atoms with Crippen molar-refractivity contribution >= 4 is 11.3 Å². The highest BCUT2D eigenvalue weighted by molar-refractivity contribution is 7.10. The van der Waals surface area contributed by atoms with Crippen molar-refractivity contribution in [3.05, 3.63) is 51.2 Å². The average Bonchev–Trinajstić information content (AvgIpc) is 2.89. The third-order valence-corrected chi connectivity index (χ3v) is 4.17. The Hall–Kier alpha value is -1.57. The topological polar surface area (TPSA) is 47.3 Å². The number of hydrogen-bond acceptors (Lipinski definition) is 4. The zero-order valence-corrected chi connectivity index (χ0v) is 12.3. The first-order valence-corrected chi connectivity index (χ1v) is 7.01. The molecule has 1 heterocycles. The van der Waals surface area contributed by atoms with E-state index >= 15 is 0 Å². The molecule has 0 amide bonds. The molecule has 2 aromatic rings. The summed E-state index contributed by atoms with van der Waals surface area (Å²) in [7, 11) is 1.56. The normalized spacial score (nSPS) is 13.2. The second-order valence-corrected chi connectivity index (χ2v) is 5.50. The second-order valence-electron chi connectivity index (χ2n) is 4.56. The highest BCUT2D eigenvalue weighted by Gasteiger charge is 2.31. The lowest BCUT2D eigenvalue weighted by molar-refractivity contribution is -0.137. The predicted octanol–water partition coefficient (Wildman–Crippen LogP) is 3.64. The Bertz CT molecular complexity index is 625. The molecule has 1 atom stereocenters. The van der Waals surface area contributed by atoms with Gasteiger partial charge in [-0.1, -0.05) is 6.07 Å². The summed E-state index contributed by atoms with van der Waals surface area (Å²) < 4.78 is 43.2. The quantitative estimate of drug-likeness (QED) is 0.669. The molecule has 1 aromatic carbocycles. The Labute approximate surface area is 124 Å². The number of ether oxygens (including phenoxy) is 1. The largest absolute Gasteiger partial charge is 0.496 e. The van der Waals surface area contributed by atoms with Gasteiger partial charge in [0.1, 0.15) is 5.75 Å². The van der Waals surface area contributed by atoms with Crippen molar-refractivity contribution in [1.29, 1.82) is 0 Å². The van der Waals surface area contributed by atoms with E-state index in [1.165, 1.54) is 17.4 Å². The third-order valence-electron chi connectivity index (χ3n) is 3.19. The number of methoxy groups -OCH3 is 1. The van der Waals surface area contributed by atoms with Crippen LogP contribution >= 0.6 is 11.3 Å². The highest BCUT2D eigenvalue weighted by atomic mass is 32.1. The molecule has 21 heavy (non-hydrogen) atoms. The zero-order chi connectivity index (χ0) is 15.6. The van der Waals surface area contributed by atoms with Crippen molar-refractivity contribution in [2.75, 3.05) is 7.11 Å². The molecule has 2 rings (SSSR count). The van der Waals surface area contributed by atoms with Gasteiger partial charge < -0.3 is 4.74 Å². The molecule has 114 valence electrons. The summed E-state index contributed by atoms with van der Waals surface area (Å²) in [5.41, 5.74) is 3.21. The molecule has 0 fully saturated rings. The molecule has 7 heteroatoms. The van der Waals surface area contributed by atoms with Crippen LogP contribution in [0.1, 0.15) is 27.6 Å². The smallest absolute Gasteiger partial charge is 0.416 e. The van der Waals surface area contributed by atoms with Crippen molar-refractivity contribution in [1.82, 2.24) is 5.43 Å². The van der Waals surface area contributed by atoms with Crippen molar-refractivity contribution in [2.45, 2.75) is 19.1 Å². The van der Waals surface area contributed by atoms with Gasteiger partial charge >= 0.3 is 6.18 Å². The minimum atomic E-state index is -4.35. The van der Waals surface area contributed by atoms with Crippen LogP contribution in [-0.2, 0) is 6.18 Å². The Morgan fingerprint density at radius 1 is 1.29 bits per heavy atom. The highest BCUT2D eigenvalue weighted by Crippen LogP contribution is 2.35. The number of halogens is 3. The molecule has 3 N–H and O–H groups in total. The zero-order valence-electron chi connectivity index (χ0n) is 11.5. The maximum atomic E-state index is 12.7. The summed E-state index contributed by atoms with van der Waals surface area (Å²) in [6.07, 6.45) is -4.35. The third kappa shape index (κ3) is 3.37. The lowest BCUT2D eigenvalue weighted by Crippen LogP contribution is -2.28. The number of alkyl halides is 3. The van der Waals surface area contributed by atoms with Gasteiger partial charge in [0, 0.05) is 10.3 Å². The number of hydrazine groups is 1. The van der Waals surface area contributed by atoms with Gasteiger partial charge in [-0.3, -0.25) is 5.84 Å². The molecule has 0 spiro atoms. The summed E-state index contributed by atoms with van der Waals surface area (Å²) in [4.78, 5) is 0.872. The van der Waals surface area contributed by atoms with Gasteiger partial charge in [-0.25, -0.2) is 5.43 Å². The van der Waals surface area contributed by atoms with E-state index in [2.05, 4.69) is 5.43 Å². The maximum Gasteiger partial charge on any atom is 0.416 e. The fourth-order valence-electron chi connectivity index (χ4n) is 2.09. The van der Waals surface area contributed by atoms with Crippen LogP contribution in [0, 0.1) is 6.92 Å². The van der Waals surface area contributed by atoms with Crippen LogP contribution in [0.5, 0.6) is 5.75 Å². The molecule has 0 bridgehead atoms. The Balaban J connectivity index is 2.39. The average molecular weight is 316 g/mol. The van der Waals surface area contributed by atoms with E-state index in [0.717, 1.165) is 17.0 Å². The minimum absolute atomic E-state index is 0.374. The van der Waals surface area contributed by atoms with E-state index < -0.39 is 11.7 Å². The van der Waals surface area contributed by atoms with Gasteiger partial charge in [0.2, 0.25) is 0 Å². The van der Waals surface area contributed by atoms with Crippen LogP contribution in [0.2, 0.25) is 0 Å². The molecular formula is C14H15F3N2OS. The second kappa shape index (κ2) is 6.05. The van der Waals surface area contributed by atoms with E-state index in [0.29, 0.717) is 16.9 Å². The van der Waals surface area contributed by atoms with Gasteiger partial charge in [0.25, 0.3) is 0 Å². The molecule has 1 unspecified atom stereocenters. The van der Waals surface area contributed by atoms with E-state index in [-0.39, 0.29) is 6.04 Å². The van der Waals surface area contributed by atoms with Crippen LogP contribution in [0.25, 0.3) is 0 Å². The van der Waals surface area contributed by atoms with Crippen LogP contribution < -0.4 is 16.0 Å². The maximum absolute atomic E-state index is 12.7. The van der Waals surface area contributed by atoms with Gasteiger partial charge in [-0.15, -0.1) is 11.3 Å². The number of thiophene rings is 1. The molecule has 0 radical (unpaired) electrons. The standard InChI is InChI=1S/C14H15F3N2OS/c1-8-5-9(14(15,16)17)3-4-11(8)13(19-18)12-6-10(20-2)7-21-12/h3-7,13,19H,18H2,1-2H3. The van der Waals surface area contributed by atoms with E-state index in [4.69, 9.17) is 10.6 Å². The van der Waals surface area contributed by atoms with Crippen LogP contribution in [0.4, 0.5) is 13.2 Å². The van der Waals surface area contributed by atoms with Crippen molar-refractivity contribution in [2.24, 2.45) is 5.84 Å². The fourth-order valence-corrected chi connectivity index (χ4v) is 3.03. The van der Waals surface area contributed by atoms with Crippen molar-refractivity contribution in [3.8, 4) is 5.75 Å². The molecular weight excluding hydrogens is 301 g/mol. The Morgan fingerprint density at radius 2 is 2.00 bits per heavy atom. The molecule has 0 aliphatic carbocycles. The van der Waals surface area contributed by atoms with E-state index in [1.54, 1.807) is 14.0 Å². The monoisotopic (exact) mass is 316 g/mol. The number of nitrogens with one attached hydrogen (secondary N) is 1. The lowest BCUT2D eigenvalue weighted by atomic mass is 9.98. The molecule has 0 aliphatic heterocycles. The first kappa shape index (κ1) is 15.8. The van der Waals surface area contributed by atoms with E-state index in [9.17, 15) is 13.2 Å². The Kier molecular flexibility index (Phi) is 4.55. The van der Waals surface area contributed by atoms with Gasteiger partial charge in [-0.05, 0) is 36.2 Å². The summed E-state index contributed by atoms with van der Waals surface area (Å²) in [6.45, 7) is 1.64. The summed E-state index contributed by atoms with van der Waals surface area (Å²) in [6, 6.07) is 5.09. The summed E-state index contributed by atoms with van der Waals surface area (Å²) in [5.74, 6) is 6.27. The number of rotatable bonds is 4. The first-order valence-electron chi connectivity index (χ1n) is 6.13. The number of nitrogens with two attached hydrogens (primary N) is 1. The molecule has 0 saturated heterocycles. The lowest BCUT2D eigenvalue weighted by Gasteiger charge is -2.18. The fraction of sp³-hybridized carbons (Fsp3) is 0.286. The van der Waals surface area contributed by atoms with Crippen LogP contribution in [0.15, 0.2) is 29.6 Å². The Morgan fingerprint density at radius 3 is 2.48 bits per heavy atom. The first-order chi connectivity index (χ1) is 9.86. The van der Waals surface area contributed by atoms with Crippen molar-refractivity contribution in [3.63, 3.8) is 0 Å². The molecule has 1 aromatic heterocycles. The summed E-state index contributed by atoms with van der Waals surface area (Å²) >= 11 is 1.43. The van der Waals surface area contributed by atoms with Gasteiger partial charge in [-0.2, -0.15) is 13.2 Å². The predicted molar refractivity (Wildman–Crippen MR) is 76.2 cm³/mol. The molecule has 0 aliphatic rings. The number of hydrogen-bond donors (Lipinski definition) is 2. The van der Waals surface area contributed by atoms with E-state index in [1.807, 2.05) is 11.4 Å². The van der Waals surface area contributed by atoms with Crippen molar-refractivity contribution < 1.29 is 17.9 Å². The molecule has 0 saturated carbocycles. The van der Waals surface area contributed by atoms with Crippen LogP contribution in [0.3, 0.4) is 0 Å². The number of benzene rings is 1. The van der Waals surface area contributed by atoms with Gasteiger partial charge in [0.15, 0.2) is 0 Å². The SMILES string of the molecule is COc1csc(C(NN)c2ccc(C(F)(F)F)cc2C)c1. The summed E-state index contributed by atoms with van der Waals surface area (Å²) in [5, 5.41) is 1.82. The van der Waals surface area contributed by atoms with Crippen LogP contribution in [-0.4, -0.2) is 7.11 Å². The minimum Gasteiger partial charge on any atom is -0.496 e. The van der Waals surface area contributed by atoms with Gasteiger partial charge in [0.05, 0.1) is 18.7 Å². The number of aryl methyl sites for hydroxylation is 1. The molecule has 3 nitrogen and oxygen atoms in total.